The zero-order chi connectivity index (χ0) is 9.61. The smallest absolute Gasteiger partial charge is 0.270 e. The first-order valence-electron chi connectivity index (χ1n) is 2.52. The first-order valence-corrected chi connectivity index (χ1v) is 3.99. The maximum atomic E-state index is 10.7. The Kier molecular flexibility index (Phi) is 4.03. The van der Waals surface area contributed by atoms with Crippen molar-refractivity contribution in [2.75, 3.05) is 7.11 Å². The molecule has 0 atom stereocenters. The normalized spacial score (nSPS) is 12.4. The summed E-state index contributed by atoms with van der Waals surface area (Å²) in [4.78, 5) is 24.7. The van der Waals surface area contributed by atoms with Crippen molar-refractivity contribution in [1.29, 1.82) is 0 Å². The quantitative estimate of drug-likeness (QED) is 0.320. The van der Waals surface area contributed by atoms with E-state index in [2.05, 4.69) is 14.2 Å². The van der Waals surface area contributed by atoms with E-state index >= 15 is 0 Å². The summed E-state index contributed by atoms with van der Waals surface area (Å²) in [5.41, 5.74) is -1.91. The number of hydrogen-bond donors (Lipinski definition) is 0. The number of rotatable bonds is 4. The zero-order valence-electron chi connectivity index (χ0n) is 5.92. The van der Waals surface area contributed by atoms with E-state index in [4.69, 9.17) is 0 Å². The van der Waals surface area contributed by atoms with Gasteiger partial charge in [0, 0.05) is 0 Å². The van der Waals surface area contributed by atoms with Gasteiger partial charge in [0.15, 0.2) is 0 Å². The van der Waals surface area contributed by atoms with Crippen molar-refractivity contribution in [3.8, 4) is 0 Å². The minimum Gasteiger partial charge on any atom is -0.270 e. The standard InChI is InChI=1S/C4H4N2O5S/c1-11-12(9,10)4(5-2-7)6-3-8/h4H,1H3. The van der Waals surface area contributed by atoms with Gasteiger partial charge in [-0.3, -0.25) is 4.18 Å². The van der Waals surface area contributed by atoms with Crippen molar-refractivity contribution in [2.24, 2.45) is 9.98 Å². The predicted octanol–water partition coefficient (Wildman–Crippen LogP) is -1.08. The van der Waals surface area contributed by atoms with Gasteiger partial charge < -0.3 is 0 Å². The molecule has 8 heteroatoms. The van der Waals surface area contributed by atoms with Crippen molar-refractivity contribution in [3.05, 3.63) is 0 Å². The Morgan fingerprint density at radius 3 is 1.92 bits per heavy atom. The molecule has 0 radical (unpaired) electrons. The van der Waals surface area contributed by atoms with E-state index in [1.54, 1.807) is 0 Å². The molecule has 0 N–H and O–H groups in total. The number of carbonyl (C=O) groups excluding carboxylic acids is 2. The molecule has 12 heavy (non-hydrogen) atoms. The van der Waals surface area contributed by atoms with E-state index in [0.29, 0.717) is 0 Å². The third kappa shape index (κ3) is 2.73. The summed E-state index contributed by atoms with van der Waals surface area (Å²) < 4.78 is 25.4. The molecule has 66 valence electrons. The highest BCUT2D eigenvalue weighted by molar-refractivity contribution is 7.87. The zero-order valence-corrected chi connectivity index (χ0v) is 6.74. The molecule has 0 aliphatic rings. The minimum atomic E-state index is -4.14. The van der Waals surface area contributed by atoms with Crippen molar-refractivity contribution in [1.82, 2.24) is 0 Å². The van der Waals surface area contributed by atoms with Crippen molar-refractivity contribution >= 4 is 22.3 Å². The van der Waals surface area contributed by atoms with Gasteiger partial charge in [-0.25, -0.2) is 9.59 Å². The molecule has 0 spiro atoms. The van der Waals surface area contributed by atoms with Gasteiger partial charge in [-0.05, 0) is 0 Å². The van der Waals surface area contributed by atoms with Crippen molar-refractivity contribution in [3.63, 3.8) is 0 Å². The summed E-state index contributed by atoms with van der Waals surface area (Å²) in [7, 11) is -3.29. The first kappa shape index (κ1) is 10.7. The van der Waals surface area contributed by atoms with Crippen LogP contribution >= 0.6 is 0 Å². The van der Waals surface area contributed by atoms with Gasteiger partial charge in [0.25, 0.3) is 5.50 Å². The molecule has 0 aromatic carbocycles. The van der Waals surface area contributed by atoms with Gasteiger partial charge in [0.2, 0.25) is 12.2 Å². The molecule has 0 fully saturated rings. The van der Waals surface area contributed by atoms with Crippen LogP contribution in [0.15, 0.2) is 9.98 Å². The van der Waals surface area contributed by atoms with E-state index in [9.17, 15) is 18.0 Å². The lowest BCUT2D eigenvalue weighted by Crippen LogP contribution is -2.17. The number of aliphatic imine (C=N–C) groups is 2. The highest BCUT2D eigenvalue weighted by Crippen LogP contribution is 2.04. The molecule has 0 rings (SSSR count). The largest absolute Gasteiger partial charge is 0.313 e. The van der Waals surface area contributed by atoms with Crippen LogP contribution < -0.4 is 0 Å². The summed E-state index contributed by atoms with van der Waals surface area (Å²) in [5.74, 6) is 0. The fraction of sp³-hybridized carbons (Fsp3) is 0.500. The van der Waals surface area contributed by atoms with Gasteiger partial charge in [0.1, 0.15) is 0 Å². The van der Waals surface area contributed by atoms with Crippen LogP contribution in [0.1, 0.15) is 0 Å². The summed E-state index contributed by atoms with van der Waals surface area (Å²) >= 11 is 0. The van der Waals surface area contributed by atoms with Gasteiger partial charge in [0.05, 0.1) is 7.11 Å². The third-order valence-corrected chi connectivity index (χ3v) is 2.01. The maximum absolute atomic E-state index is 10.7. The molecule has 0 aliphatic carbocycles. The molecular weight excluding hydrogens is 188 g/mol. The predicted molar refractivity (Wildman–Crippen MR) is 36.0 cm³/mol. The molecule has 0 aromatic heterocycles. The van der Waals surface area contributed by atoms with Gasteiger partial charge in [-0.1, -0.05) is 0 Å². The van der Waals surface area contributed by atoms with E-state index in [1.807, 2.05) is 0 Å². The van der Waals surface area contributed by atoms with Crippen LogP contribution in [0.3, 0.4) is 0 Å². The average Bonchev–Trinajstić information content (AvgIpc) is 2.04. The monoisotopic (exact) mass is 192 g/mol. The molecule has 0 saturated carbocycles. The average molecular weight is 192 g/mol. The fourth-order valence-corrected chi connectivity index (χ4v) is 0.851. The lowest BCUT2D eigenvalue weighted by molar-refractivity contribution is 0.388. The number of isocyanates is 2. The molecule has 7 nitrogen and oxygen atoms in total. The minimum absolute atomic E-state index is 0.850. The highest BCUT2D eigenvalue weighted by atomic mass is 32.2. The molecule has 0 aromatic rings. The van der Waals surface area contributed by atoms with Crippen LogP contribution in [0.4, 0.5) is 0 Å². The summed E-state index contributed by atoms with van der Waals surface area (Å²) in [6.07, 6.45) is 1.87. The Labute approximate surface area is 67.9 Å². The van der Waals surface area contributed by atoms with Gasteiger partial charge in [-0.15, -0.1) is 0 Å². The van der Waals surface area contributed by atoms with Crippen LogP contribution in [0.25, 0.3) is 0 Å². The summed E-state index contributed by atoms with van der Waals surface area (Å²) in [6, 6.07) is 0. The molecule has 0 aliphatic heterocycles. The van der Waals surface area contributed by atoms with Gasteiger partial charge in [-0.2, -0.15) is 18.4 Å². The van der Waals surface area contributed by atoms with Crippen molar-refractivity contribution in [2.45, 2.75) is 5.50 Å². The van der Waals surface area contributed by atoms with Crippen molar-refractivity contribution < 1.29 is 22.2 Å². The Bertz CT molecular complexity index is 316. The van der Waals surface area contributed by atoms with Crippen LogP contribution in [0, 0.1) is 0 Å². The van der Waals surface area contributed by atoms with E-state index in [0.717, 1.165) is 19.3 Å². The van der Waals surface area contributed by atoms with E-state index in [1.165, 1.54) is 0 Å². The maximum Gasteiger partial charge on any atom is 0.313 e. The molecular formula is C4H4N2O5S. The van der Waals surface area contributed by atoms with Crippen LogP contribution in [-0.4, -0.2) is 33.2 Å². The molecule has 0 amide bonds. The van der Waals surface area contributed by atoms with Crippen LogP contribution in [0.2, 0.25) is 0 Å². The summed E-state index contributed by atoms with van der Waals surface area (Å²) in [5, 5.41) is 0. The second kappa shape index (κ2) is 4.53. The Balaban J connectivity index is 5.00. The van der Waals surface area contributed by atoms with E-state index in [-0.39, 0.29) is 0 Å². The lowest BCUT2D eigenvalue weighted by Gasteiger charge is -2.00. The Morgan fingerprint density at radius 2 is 1.67 bits per heavy atom. The number of nitrogens with zero attached hydrogens (tertiary/aromatic N) is 2. The third-order valence-electron chi connectivity index (χ3n) is 0.817. The van der Waals surface area contributed by atoms with Gasteiger partial charge >= 0.3 is 10.1 Å². The second-order valence-corrected chi connectivity index (χ2v) is 3.17. The fourth-order valence-electron chi connectivity index (χ4n) is 0.334. The topological polar surface area (TPSA) is 102 Å². The van der Waals surface area contributed by atoms with E-state index < -0.39 is 15.6 Å². The molecule has 0 saturated heterocycles. The molecule has 0 bridgehead atoms. The first-order chi connectivity index (χ1) is 5.58. The van der Waals surface area contributed by atoms with Crippen LogP contribution in [0.5, 0.6) is 0 Å². The SMILES string of the molecule is COS(=O)(=O)C(N=C=O)N=C=O. The highest BCUT2D eigenvalue weighted by Gasteiger charge is 2.23. The summed E-state index contributed by atoms with van der Waals surface area (Å²) in [6.45, 7) is 0. The Morgan fingerprint density at radius 1 is 1.25 bits per heavy atom. The molecule has 0 unspecified atom stereocenters. The second-order valence-electron chi connectivity index (χ2n) is 1.43. The number of hydrogen-bond acceptors (Lipinski definition) is 7. The Hall–Kier alpha value is -1.33. The van der Waals surface area contributed by atoms with Crippen LogP contribution in [-0.2, 0) is 23.9 Å². The lowest BCUT2D eigenvalue weighted by atomic mass is 11.1. The molecule has 0 heterocycles.